The molecule has 2 atom stereocenters. The van der Waals surface area contributed by atoms with E-state index < -0.39 is 0 Å². The van der Waals surface area contributed by atoms with Crippen molar-refractivity contribution in [3.63, 3.8) is 0 Å². The first-order chi connectivity index (χ1) is 9.95. The predicted octanol–water partition coefficient (Wildman–Crippen LogP) is 4.35. The van der Waals surface area contributed by atoms with Crippen LogP contribution in [0.5, 0.6) is 0 Å². The molecule has 1 aromatic carbocycles. The van der Waals surface area contributed by atoms with E-state index in [0.717, 1.165) is 12.8 Å². The number of halogens is 2. The maximum atomic E-state index is 12.0. The molecule has 0 spiro atoms. The molecular formula is C16H22Cl2N2O. The van der Waals surface area contributed by atoms with E-state index in [1.807, 2.05) is 0 Å². The van der Waals surface area contributed by atoms with E-state index in [-0.39, 0.29) is 12.5 Å². The van der Waals surface area contributed by atoms with Crippen molar-refractivity contribution in [2.75, 3.05) is 11.9 Å². The summed E-state index contributed by atoms with van der Waals surface area (Å²) in [4.78, 5) is 12.0. The fraction of sp³-hybridized carbons (Fsp3) is 0.562. The Morgan fingerprint density at radius 3 is 2.29 bits per heavy atom. The first-order valence-electron chi connectivity index (χ1n) is 7.43. The Morgan fingerprint density at radius 1 is 1.14 bits per heavy atom. The monoisotopic (exact) mass is 328 g/mol. The van der Waals surface area contributed by atoms with Gasteiger partial charge in [0.15, 0.2) is 0 Å². The zero-order valence-corrected chi connectivity index (χ0v) is 14.0. The Morgan fingerprint density at radius 2 is 1.71 bits per heavy atom. The van der Waals surface area contributed by atoms with Crippen molar-refractivity contribution in [2.45, 2.75) is 39.2 Å². The first kappa shape index (κ1) is 16.6. The minimum absolute atomic E-state index is 0.115. The lowest BCUT2D eigenvalue weighted by atomic mass is 9.80. The van der Waals surface area contributed by atoms with Crippen LogP contribution in [0, 0.1) is 11.8 Å². The molecule has 2 N–H and O–H groups in total. The van der Waals surface area contributed by atoms with Gasteiger partial charge in [0.25, 0.3) is 0 Å². The summed E-state index contributed by atoms with van der Waals surface area (Å²) in [5, 5.41) is 7.03. The van der Waals surface area contributed by atoms with Crippen LogP contribution in [0.1, 0.15) is 33.1 Å². The second-order valence-corrected chi connectivity index (χ2v) is 6.95. The molecule has 1 saturated carbocycles. The number of benzene rings is 1. The third kappa shape index (κ3) is 4.87. The molecule has 0 aliphatic heterocycles. The third-order valence-electron chi connectivity index (χ3n) is 3.96. The second kappa shape index (κ2) is 7.48. The Bertz CT molecular complexity index is 477. The number of hydrogen-bond acceptors (Lipinski definition) is 2. The maximum Gasteiger partial charge on any atom is 0.238 e. The first-order valence-corrected chi connectivity index (χ1v) is 8.18. The molecule has 0 bridgehead atoms. The molecule has 0 radical (unpaired) electrons. The molecular weight excluding hydrogens is 307 g/mol. The standard InChI is InChI=1S/C16H22Cl2N2O/c1-10-6-11(2)8-12(7-10)19-9-15(21)20-16-13(17)4-3-5-14(16)18/h3-5,10-12,19H,6-9H2,1-2H3,(H,20,21). The lowest BCUT2D eigenvalue weighted by Gasteiger charge is -2.32. The molecule has 2 rings (SSSR count). The van der Waals surface area contributed by atoms with Gasteiger partial charge in [0.1, 0.15) is 0 Å². The smallest absolute Gasteiger partial charge is 0.238 e. The SMILES string of the molecule is CC1CC(C)CC(NCC(=O)Nc2c(Cl)cccc2Cl)C1. The number of nitrogens with one attached hydrogen (secondary N) is 2. The van der Waals surface area contributed by atoms with Crippen LogP contribution in [0.2, 0.25) is 10.0 Å². The number of carbonyl (C=O) groups excluding carboxylic acids is 1. The maximum absolute atomic E-state index is 12.0. The molecule has 1 aliphatic rings. The number of amides is 1. The van der Waals surface area contributed by atoms with Gasteiger partial charge >= 0.3 is 0 Å². The third-order valence-corrected chi connectivity index (χ3v) is 4.59. The summed E-state index contributed by atoms with van der Waals surface area (Å²) < 4.78 is 0. The van der Waals surface area contributed by atoms with Crippen molar-refractivity contribution < 1.29 is 4.79 Å². The van der Waals surface area contributed by atoms with Crippen molar-refractivity contribution in [1.82, 2.24) is 5.32 Å². The van der Waals surface area contributed by atoms with Crippen LogP contribution in [-0.4, -0.2) is 18.5 Å². The highest BCUT2D eigenvalue weighted by Gasteiger charge is 2.24. The van der Waals surface area contributed by atoms with Crippen LogP contribution < -0.4 is 10.6 Å². The molecule has 0 aromatic heterocycles. The molecule has 116 valence electrons. The summed E-state index contributed by atoms with van der Waals surface area (Å²) in [6.07, 6.45) is 3.54. The summed E-state index contributed by atoms with van der Waals surface area (Å²) in [6.45, 7) is 4.83. The van der Waals surface area contributed by atoms with Gasteiger partial charge in [0.2, 0.25) is 5.91 Å². The average Bonchev–Trinajstić information content (AvgIpc) is 2.40. The van der Waals surface area contributed by atoms with Gasteiger partial charge in [0, 0.05) is 6.04 Å². The van der Waals surface area contributed by atoms with Crippen molar-refractivity contribution in [2.24, 2.45) is 11.8 Å². The van der Waals surface area contributed by atoms with Gasteiger partial charge in [-0.25, -0.2) is 0 Å². The van der Waals surface area contributed by atoms with E-state index in [1.54, 1.807) is 18.2 Å². The minimum Gasteiger partial charge on any atom is -0.322 e. The lowest BCUT2D eigenvalue weighted by molar-refractivity contribution is -0.115. The van der Waals surface area contributed by atoms with Gasteiger partial charge < -0.3 is 10.6 Å². The number of hydrogen-bond donors (Lipinski definition) is 2. The zero-order chi connectivity index (χ0) is 15.4. The molecule has 1 amide bonds. The van der Waals surface area contributed by atoms with Gasteiger partial charge in [-0.05, 0) is 43.2 Å². The van der Waals surface area contributed by atoms with E-state index in [4.69, 9.17) is 23.2 Å². The van der Waals surface area contributed by atoms with E-state index in [0.29, 0.717) is 33.6 Å². The fourth-order valence-corrected chi connectivity index (χ4v) is 3.64. The normalized spacial score (nSPS) is 25.6. The Kier molecular flexibility index (Phi) is 5.91. The van der Waals surface area contributed by atoms with Crippen molar-refractivity contribution in [1.29, 1.82) is 0 Å². The zero-order valence-electron chi connectivity index (χ0n) is 12.5. The summed E-state index contributed by atoms with van der Waals surface area (Å²) in [7, 11) is 0. The van der Waals surface area contributed by atoms with Crippen molar-refractivity contribution in [3.05, 3.63) is 28.2 Å². The van der Waals surface area contributed by atoms with Crippen LogP contribution in [0.15, 0.2) is 18.2 Å². The van der Waals surface area contributed by atoms with E-state index in [1.165, 1.54) is 6.42 Å². The Labute approximate surface area is 136 Å². The van der Waals surface area contributed by atoms with Gasteiger partial charge in [-0.2, -0.15) is 0 Å². The van der Waals surface area contributed by atoms with Gasteiger partial charge in [0.05, 0.1) is 22.3 Å². The summed E-state index contributed by atoms with van der Waals surface area (Å²) in [5.41, 5.74) is 0.484. The number of anilines is 1. The van der Waals surface area contributed by atoms with Crippen LogP contribution in [0.3, 0.4) is 0 Å². The molecule has 0 heterocycles. The quantitative estimate of drug-likeness (QED) is 0.862. The van der Waals surface area contributed by atoms with E-state index >= 15 is 0 Å². The highest BCUT2D eigenvalue weighted by Crippen LogP contribution is 2.30. The predicted molar refractivity (Wildman–Crippen MR) is 89.1 cm³/mol. The van der Waals surface area contributed by atoms with Crippen molar-refractivity contribution in [3.8, 4) is 0 Å². The summed E-state index contributed by atoms with van der Waals surface area (Å²) in [6, 6.07) is 5.59. The van der Waals surface area contributed by atoms with Crippen molar-refractivity contribution >= 4 is 34.8 Å². The number of carbonyl (C=O) groups is 1. The Balaban J connectivity index is 1.85. The van der Waals surface area contributed by atoms with Crippen LogP contribution in [-0.2, 0) is 4.79 Å². The van der Waals surface area contributed by atoms with Crippen LogP contribution in [0.25, 0.3) is 0 Å². The highest BCUT2D eigenvalue weighted by atomic mass is 35.5. The van der Waals surface area contributed by atoms with E-state index in [9.17, 15) is 4.79 Å². The largest absolute Gasteiger partial charge is 0.322 e. The number of para-hydroxylation sites is 1. The highest BCUT2D eigenvalue weighted by molar-refractivity contribution is 6.39. The average molecular weight is 329 g/mol. The molecule has 3 nitrogen and oxygen atoms in total. The molecule has 0 saturated heterocycles. The molecule has 5 heteroatoms. The van der Waals surface area contributed by atoms with Gasteiger partial charge in [-0.3, -0.25) is 4.79 Å². The molecule has 1 fully saturated rings. The fourth-order valence-electron chi connectivity index (χ4n) is 3.15. The Hall–Kier alpha value is -0.770. The molecule has 2 unspecified atom stereocenters. The van der Waals surface area contributed by atoms with Crippen LogP contribution in [0.4, 0.5) is 5.69 Å². The lowest BCUT2D eigenvalue weighted by Crippen LogP contribution is -2.40. The van der Waals surface area contributed by atoms with Gasteiger partial charge in [-0.15, -0.1) is 0 Å². The van der Waals surface area contributed by atoms with Crippen LogP contribution >= 0.6 is 23.2 Å². The molecule has 1 aliphatic carbocycles. The topological polar surface area (TPSA) is 41.1 Å². The minimum atomic E-state index is -0.115. The molecule has 1 aromatic rings. The van der Waals surface area contributed by atoms with Gasteiger partial charge in [-0.1, -0.05) is 43.1 Å². The molecule has 21 heavy (non-hydrogen) atoms. The second-order valence-electron chi connectivity index (χ2n) is 6.14. The van der Waals surface area contributed by atoms with E-state index in [2.05, 4.69) is 24.5 Å². The summed E-state index contributed by atoms with van der Waals surface area (Å²) >= 11 is 12.1. The number of rotatable bonds is 4. The summed E-state index contributed by atoms with van der Waals surface area (Å²) in [5.74, 6) is 1.32.